The van der Waals surface area contributed by atoms with E-state index in [1.807, 2.05) is 26.8 Å². The number of nitrogens with zero attached hydrogens (tertiary/aromatic N) is 2. The van der Waals surface area contributed by atoms with Crippen molar-refractivity contribution in [2.45, 2.75) is 58.3 Å². The zero-order valence-corrected chi connectivity index (χ0v) is 15.3. The van der Waals surface area contributed by atoms with Crippen LogP contribution >= 0.6 is 0 Å². The first kappa shape index (κ1) is 16.6. The Morgan fingerprint density at radius 2 is 2.12 bits per heavy atom. The maximum absolute atomic E-state index is 12.3. The van der Waals surface area contributed by atoms with Gasteiger partial charge in [0.15, 0.2) is 0 Å². The third kappa shape index (κ3) is 3.32. The number of ether oxygens (including phenoxy) is 2. The number of hydrogen-bond donors (Lipinski definition) is 1. The van der Waals surface area contributed by atoms with E-state index < -0.39 is 5.60 Å². The number of amides is 1. The standard InChI is InChI=1S/C19H27N3O3/c1-18(2,3)25-17(23)22-7-5-14-15(10-22)21-6-4-16(14)24-13-8-19(9-13)11-20-12-19/h4,6,13,20H,5,7-12H2,1-3H3. The molecular formula is C19H27N3O3. The Balaban J connectivity index is 1.41. The Labute approximate surface area is 148 Å². The third-order valence-corrected chi connectivity index (χ3v) is 5.34. The van der Waals surface area contributed by atoms with E-state index in [1.54, 1.807) is 11.1 Å². The molecule has 2 aliphatic heterocycles. The van der Waals surface area contributed by atoms with Crippen LogP contribution in [0.3, 0.4) is 0 Å². The fourth-order valence-electron chi connectivity index (χ4n) is 3.95. The highest BCUT2D eigenvalue weighted by Gasteiger charge is 2.49. The van der Waals surface area contributed by atoms with Crippen molar-refractivity contribution in [3.8, 4) is 5.75 Å². The molecular weight excluding hydrogens is 318 g/mol. The summed E-state index contributed by atoms with van der Waals surface area (Å²) in [5.41, 5.74) is 2.10. The van der Waals surface area contributed by atoms with Gasteiger partial charge in [0, 0.05) is 36.8 Å². The predicted octanol–water partition coefficient (Wildman–Crippen LogP) is 2.51. The van der Waals surface area contributed by atoms with Crippen molar-refractivity contribution >= 4 is 6.09 Å². The number of nitrogens with one attached hydrogen (secondary N) is 1. The molecule has 0 bridgehead atoms. The molecule has 2 fully saturated rings. The second-order valence-corrected chi connectivity index (χ2v) is 8.64. The van der Waals surface area contributed by atoms with Crippen molar-refractivity contribution in [1.29, 1.82) is 0 Å². The summed E-state index contributed by atoms with van der Waals surface area (Å²) in [4.78, 5) is 18.5. The van der Waals surface area contributed by atoms with E-state index in [0.717, 1.165) is 49.4 Å². The lowest BCUT2D eigenvalue weighted by molar-refractivity contribution is -0.0501. The van der Waals surface area contributed by atoms with E-state index in [0.29, 0.717) is 24.6 Å². The van der Waals surface area contributed by atoms with Gasteiger partial charge in [0.25, 0.3) is 0 Å². The van der Waals surface area contributed by atoms with Crippen LogP contribution in [0, 0.1) is 5.41 Å². The summed E-state index contributed by atoms with van der Waals surface area (Å²) in [6.45, 7) is 9.04. The number of carbonyl (C=O) groups is 1. The lowest BCUT2D eigenvalue weighted by Crippen LogP contribution is -2.62. The summed E-state index contributed by atoms with van der Waals surface area (Å²) in [6.07, 6.45) is 4.87. The maximum atomic E-state index is 12.3. The summed E-state index contributed by atoms with van der Waals surface area (Å²) >= 11 is 0. The average Bonchev–Trinajstić information content (AvgIpc) is 2.46. The molecule has 1 saturated heterocycles. The molecule has 1 aromatic heterocycles. The Kier molecular flexibility index (Phi) is 3.90. The Bertz CT molecular complexity index is 671. The van der Waals surface area contributed by atoms with E-state index in [4.69, 9.17) is 9.47 Å². The molecule has 0 atom stereocenters. The number of pyridine rings is 1. The van der Waals surface area contributed by atoms with Crippen LogP contribution in [-0.4, -0.2) is 47.3 Å². The maximum Gasteiger partial charge on any atom is 0.410 e. The minimum absolute atomic E-state index is 0.273. The minimum Gasteiger partial charge on any atom is -0.490 e. The van der Waals surface area contributed by atoms with Gasteiger partial charge in [0.05, 0.1) is 18.3 Å². The van der Waals surface area contributed by atoms with Crippen LogP contribution in [0.25, 0.3) is 0 Å². The molecule has 1 N–H and O–H groups in total. The quantitative estimate of drug-likeness (QED) is 0.892. The molecule has 1 spiro atoms. The van der Waals surface area contributed by atoms with Crippen LogP contribution < -0.4 is 10.1 Å². The van der Waals surface area contributed by atoms with Gasteiger partial charge >= 0.3 is 6.09 Å². The van der Waals surface area contributed by atoms with Gasteiger partial charge in [-0.25, -0.2) is 4.79 Å². The number of fused-ring (bicyclic) bond motifs is 1. The van der Waals surface area contributed by atoms with Gasteiger partial charge in [-0.3, -0.25) is 4.98 Å². The predicted molar refractivity (Wildman–Crippen MR) is 93.5 cm³/mol. The van der Waals surface area contributed by atoms with Crippen LogP contribution in [0.1, 0.15) is 44.9 Å². The molecule has 1 amide bonds. The minimum atomic E-state index is -0.480. The first-order valence-corrected chi connectivity index (χ1v) is 9.16. The Morgan fingerprint density at radius 1 is 1.36 bits per heavy atom. The van der Waals surface area contributed by atoms with Crippen molar-refractivity contribution in [3.63, 3.8) is 0 Å². The highest BCUT2D eigenvalue weighted by atomic mass is 16.6. The first-order valence-electron chi connectivity index (χ1n) is 9.16. The number of rotatable bonds is 2. The molecule has 0 aromatic carbocycles. The Hall–Kier alpha value is -1.82. The summed E-state index contributed by atoms with van der Waals surface area (Å²) in [5, 5.41) is 3.35. The first-order chi connectivity index (χ1) is 11.8. The zero-order chi connectivity index (χ0) is 17.7. The molecule has 1 aromatic rings. The van der Waals surface area contributed by atoms with Crippen LogP contribution in [0.2, 0.25) is 0 Å². The van der Waals surface area contributed by atoms with Gasteiger partial charge in [-0.1, -0.05) is 0 Å². The van der Waals surface area contributed by atoms with Crippen LogP contribution in [0.15, 0.2) is 12.3 Å². The van der Waals surface area contributed by atoms with Gasteiger partial charge in [-0.15, -0.1) is 0 Å². The number of hydrogen-bond acceptors (Lipinski definition) is 5. The molecule has 25 heavy (non-hydrogen) atoms. The summed E-state index contributed by atoms with van der Waals surface area (Å²) in [5.74, 6) is 0.945. The third-order valence-electron chi connectivity index (χ3n) is 5.34. The number of carbonyl (C=O) groups excluding carboxylic acids is 1. The molecule has 3 heterocycles. The van der Waals surface area contributed by atoms with Gasteiger partial charge < -0.3 is 19.7 Å². The smallest absolute Gasteiger partial charge is 0.410 e. The van der Waals surface area contributed by atoms with Crippen LogP contribution in [0.5, 0.6) is 5.75 Å². The van der Waals surface area contributed by atoms with Crippen molar-refractivity contribution in [2.24, 2.45) is 5.41 Å². The van der Waals surface area contributed by atoms with E-state index in [2.05, 4.69) is 10.3 Å². The van der Waals surface area contributed by atoms with Gasteiger partial charge in [0.1, 0.15) is 11.4 Å². The van der Waals surface area contributed by atoms with E-state index in [1.165, 1.54) is 0 Å². The molecule has 6 nitrogen and oxygen atoms in total. The Morgan fingerprint density at radius 3 is 2.76 bits per heavy atom. The summed E-state index contributed by atoms with van der Waals surface area (Å²) in [6, 6.07) is 1.96. The van der Waals surface area contributed by atoms with Crippen molar-refractivity contribution < 1.29 is 14.3 Å². The summed E-state index contributed by atoms with van der Waals surface area (Å²) in [7, 11) is 0. The van der Waals surface area contributed by atoms with Crippen LogP contribution in [0.4, 0.5) is 4.79 Å². The summed E-state index contributed by atoms with van der Waals surface area (Å²) < 4.78 is 11.7. The molecule has 1 aliphatic carbocycles. The van der Waals surface area contributed by atoms with E-state index in [9.17, 15) is 4.79 Å². The fourth-order valence-corrected chi connectivity index (χ4v) is 3.95. The van der Waals surface area contributed by atoms with Crippen molar-refractivity contribution in [2.75, 3.05) is 19.6 Å². The second-order valence-electron chi connectivity index (χ2n) is 8.64. The lowest BCUT2D eigenvalue weighted by Gasteiger charge is -2.53. The SMILES string of the molecule is CC(C)(C)OC(=O)N1CCc2c(OC3CC4(CNC4)C3)ccnc2C1. The monoisotopic (exact) mass is 345 g/mol. The topological polar surface area (TPSA) is 63.7 Å². The highest BCUT2D eigenvalue weighted by Crippen LogP contribution is 2.46. The zero-order valence-electron chi connectivity index (χ0n) is 15.3. The molecule has 136 valence electrons. The molecule has 6 heteroatoms. The van der Waals surface area contributed by atoms with E-state index in [-0.39, 0.29) is 6.09 Å². The second kappa shape index (κ2) is 5.87. The fraction of sp³-hybridized carbons (Fsp3) is 0.684. The lowest BCUT2D eigenvalue weighted by atomic mass is 9.63. The normalized spacial score (nSPS) is 22.0. The molecule has 4 rings (SSSR count). The molecule has 0 unspecified atom stereocenters. The highest BCUT2D eigenvalue weighted by molar-refractivity contribution is 5.68. The van der Waals surface area contributed by atoms with Crippen LogP contribution in [-0.2, 0) is 17.7 Å². The molecule has 1 saturated carbocycles. The molecule has 3 aliphatic rings. The number of aromatic nitrogens is 1. The average molecular weight is 345 g/mol. The van der Waals surface area contributed by atoms with E-state index >= 15 is 0 Å². The van der Waals surface area contributed by atoms with Crippen molar-refractivity contribution in [3.05, 3.63) is 23.5 Å². The van der Waals surface area contributed by atoms with Gasteiger partial charge in [-0.2, -0.15) is 0 Å². The van der Waals surface area contributed by atoms with Gasteiger partial charge in [-0.05, 0) is 46.1 Å². The van der Waals surface area contributed by atoms with Crippen molar-refractivity contribution in [1.82, 2.24) is 15.2 Å². The largest absolute Gasteiger partial charge is 0.490 e. The van der Waals surface area contributed by atoms with Gasteiger partial charge in [0.2, 0.25) is 0 Å². The molecule has 0 radical (unpaired) electrons.